The lowest BCUT2D eigenvalue weighted by molar-refractivity contribution is -0.138. The Morgan fingerprint density at radius 1 is 1.11 bits per heavy atom. The third kappa shape index (κ3) is 9.14. The minimum absolute atomic E-state index is 0.0335. The van der Waals surface area contributed by atoms with Crippen LogP contribution in [0.15, 0.2) is 48.0 Å². The second-order valence-electron chi connectivity index (χ2n) is 7.69. The smallest absolute Gasteiger partial charge is 0.416 e. The van der Waals surface area contributed by atoms with E-state index >= 15 is 0 Å². The van der Waals surface area contributed by atoms with Gasteiger partial charge in [-0.3, -0.25) is 9.79 Å². The molecule has 1 amide bonds. The average Bonchev–Trinajstić information content (AvgIpc) is 2.80. The van der Waals surface area contributed by atoms with Gasteiger partial charge in [0.1, 0.15) is 0 Å². The van der Waals surface area contributed by atoms with E-state index in [0.717, 1.165) is 19.0 Å². The lowest BCUT2D eigenvalue weighted by Gasteiger charge is -2.16. The molecule has 2 aromatic rings. The van der Waals surface area contributed by atoms with Crippen molar-refractivity contribution >= 4 is 23.4 Å². The van der Waals surface area contributed by atoms with Gasteiger partial charge in [0.05, 0.1) is 5.56 Å². The molecule has 6 nitrogen and oxygen atoms in total. The van der Waals surface area contributed by atoms with Crippen LogP contribution in [-0.4, -0.2) is 45.4 Å². The molecule has 190 valence electrons. The summed E-state index contributed by atoms with van der Waals surface area (Å²) < 4.78 is 60.1. The van der Waals surface area contributed by atoms with Crippen molar-refractivity contribution in [3.8, 4) is 5.75 Å². The Bertz CT molecular complexity index is 1040. The maximum Gasteiger partial charge on any atom is 0.416 e. The number of nitrogens with zero attached hydrogens (tertiary/aromatic N) is 1. The van der Waals surface area contributed by atoms with Gasteiger partial charge >= 0.3 is 6.18 Å². The summed E-state index contributed by atoms with van der Waals surface area (Å²) in [6.45, 7) is 7.25. The van der Waals surface area contributed by atoms with Crippen molar-refractivity contribution in [2.75, 3.05) is 38.6 Å². The molecule has 0 heterocycles. The standard InChI is InChI=1S/C25H30F4N4O2/c1-4-9-31-10-11-32-15-19-5-7-20(13-21(19)25(27,28)29)33-24(34)16-35-23-8-6-18(12-22(23)26)17(2)14-30-3/h5-8,12-14,31-32H,2,4,9-11,15-16H2,1,3H3,(H,33,34). The molecule has 35 heavy (non-hydrogen) atoms. The van der Waals surface area contributed by atoms with Crippen LogP contribution < -0.4 is 20.7 Å². The molecular weight excluding hydrogens is 464 g/mol. The van der Waals surface area contributed by atoms with Gasteiger partial charge in [0.2, 0.25) is 0 Å². The molecular formula is C25H30F4N4O2. The van der Waals surface area contributed by atoms with Crippen LogP contribution in [0, 0.1) is 5.82 Å². The number of hydrogen-bond acceptors (Lipinski definition) is 5. The fourth-order valence-electron chi connectivity index (χ4n) is 3.16. The van der Waals surface area contributed by atoms with Gasteiger partial charge in [0, 0.05) is 38.6 Å². The van der Waals surface area contributed by atoms with Crippen LogP contribution in [0.1, 0.15) is 30.0 Å². The first-order chi connectivity index (χ1) is 16.7. The minimum atomic E-state index is -4.59. The summed E-state index contributed by atoms with van der Waals surface area (Å²) in [6.07, 6.45) is -2.14. The molecule has 0 saturated heterocycles. The SMILES string of the molecule is C=C(C=NC)c1ccc(OCC(=O)Nc2ccc(CNCCNCCC)c(C(F)(F)F)c2)c(F)c1. The number of rotatable bonds is 13. The third-order valence-corrected chi connectivity index (χ3v) is 4.87. The molecule has 0 aliphatic carbocycles. The number of allylic oxidation sites excluding steroid dienone is 1. The molecule has 0 atom stereocenters. The maximum absolute atomic E-state index is 14.3. The molecule has 0 aromatic heterocycles. The number of anilines is 1. The van der Waals surface area contributed by atoms with Crippen LogP contribution in [-0.2, 0) is 17.5 Å². The summed E-state index contributed by atoms with van der Waals surface area (Å²) in [5.41, 5.74) is 0.187. The molecule has 2 rings (SSSR count). The molecule has 0 aliphatic heterocycles. The highest BCUT2D eigenvalue weighted by atomic mass is 19.4. The van der Waals surface area contributed by atoms with Crippen molar-refractivity contribution in [3.63, 3.8) is 0 Å². The Labute approximate surface area is 202 Å². The van der Waals surface area contributed by atoms with E-state index in [1.54, 1.807) is 13.1 Å². The maximum atomic E-state index is 14.3. The fourth-order valence-corrected chi connectivity index (χ4v) is 3.16. The van der Waals surface area contributed by atoms with Gasteiger partial charge in [-0.25, -0.2) is 4.39 Å². The number of amides is 1. The number of aliphatic imine (C=N–C) groups is 1. The van der Waals surface area contributed by atoms with Crippen LogP contribution in [0.4, 0.5) is 23.2 Å². The van der Waals surface area contributed by atoms with Gasteiger partial charge < -0.3 is 20.7 Å². The van der Waals surface area contributed by atoms with Gasteiger partial charge in [-0.05, 0) is 53.9 Å². The highest BCUT2D eigenvalue weighted by molar-refractivity contribution is 6.08. The van der Waals surface area contributed by atoms with Gasteiger partial charge in [-0.15, -0.1) is 0 Å². The Morgan fingerprint density at radius 3 is 2.51 bits per heavy atom. The summed E-state index contributed by atoms with van der Waals surface area (Å²) in [4.78, 5) is 16.0. The number of halogens is 4. The van der Waals surface area contributed by atoms with E-state index in [-0.39, 0.29) is 23.5 Å². The second kappa shape index (κ2) is 13.6. The first-order valence-corrected chi connectivity index (χ1v) is 11.1. The molecule has 2 aromatic carbocycles. The summed E-state index contributed by atoms with van der Waals surface area (Å²) in [7, 11) is 1.56. The third-order valence-electron chi connectivity index (χ3n) is 4.87. The van der Waals surface area contributed by atoms with Crippen LogP contribution in [0.5, 0.6) is 5.75 Å². The topological polar surface area (TPSA) is 74.8 Å². The Kier molecular flexibility index (Phi) is 10.9. The van der Waals surface area contributed by atoms with E-state index < -0.39 is 30.1 Å². The fraction of sp³-hybridized carbons (Fsp3) is 0.360. The first kappa shape index (κ1) is 28.0. The number of ether oxygens (including phenoxy) is 1. The Balaban J connectivity index is 1.98. The van der Waals surface area contributed by atoms with E-state index in [2.05, 4.69) is 27.5 Å². The quantitative estimate of drug-likeness (QED) is 0.215. The Hall–Kier alpha value is -3.24. The zero-order valence-corrected chi connectivity index (χ0v) is 19.8. The molecule has 0 spiro atoms. The van der Waals surface area contributed by atoms with Crippen LogP contribution >= 0.6 is 0 Å². The molecule has 0 fully saturated rings. The molecule has 3 N–H and O–H groups in total. The zero-order valence-electron chi connectivity index (χ0n) is 19.8. The van der Waals surface area contributed by atoms with Gasteiger partial charge in [-0.1, -0.05) is 25.6 Å². The van der Waals surface area contributed by atoms with Crippen molar-refractivity contribution in [3.05, 3.63) is 65.5 Å². The van der Waals surface area contributed by atoms with Crippen LogP contribution in [0.2, 0.25) is 0 Å². The zero-order chi connectivity index (χ0) is 25.8. The minimum Gasteiger partial charge on any atom is -0.481 e. The first-order valence-electron chi connectivity index (χ1n) is 11.1. The lowest BCUT2D eigenvalue weighted by Crippen LogP contribution is -2.28. The van der Waals surface area contributed by atoms with Crippen LogP contribution in [0.3, 0.4) is 0 Å². The molecule has 0 saturated carbocycles. The van der Waals surface area contributed by atoms with E-state index in [0.29, 0.717) is 24.2 Å². The summed E-state index contributed by atoms with van der Waals surface area (Å²) in [6, 6.07) is 7.67. The van der Waals surface area contributed by atoms with Gasteiger partial charge in [0.15, 0.2) is 18.2 Å². The number of alkyl halides is 3. The molecule has 0 bridgehead atoms. The second-order valence-corrected chi connectivity index (χ2v) is 7.69. The number of carbonyl (C=O) groups is 1. The highest BCUT2D eigenvalue weighted by Crippen LogP contribution is 2.34. The molecule has 0 radical (unpaired) electrons. The summed E-state index contributed by atoms with van der Waals surface area (Å²) in [5, 5.41) is 8.50. The van der Waals surface area contributed by atoms with Crippen LogP contribution in [0.25, 0.3) is 5.57 Å². The monoisotopic (exact) mass is 494 g/mol. The largest absolute Gasteiger partial charge is 0.481 e. The van der Waals surface area contributed by atoms with E-state index in [4.69, 9.17) is 4.74 Å². The lowest BCUT2D eigenvalue weighted by atomic mass is 10.1. The van der Waals surface area contributed by atoms with Crippen molar-refractivity contribution in [2.45, 2.75) is 26.1 Å². The molecule has 0 aliphatic rings. The van der Waals surface area contributed by atoms with Gasteiger partial charge in [-0.2, -0.15) is 13.2 Å². The Morgan fingerprint density at radius 2 is 1.86 bits per heavy atom. The van der Waals surface area contributed by atoms with Crippen molar-refractivity contribution in [1.29, 1.82) is 0 Å². The molecule has 0 unspecified atom stereocenters. The normalized spacial score (nSPS) is 11.6. The van der Waals surface area contributed by atoms with Crippen molar-refractivity contribution in [2.24, 2.45) is 4.99 Å². The van der Waals surface area contributed by atoms with E-state index in [1.807, 2.05) is 6.92 Å². The number of nitrogens with one attached hydrogen (secondary N) is 3. The number of benzene rings is 2. The predicted molar refractivity (Wildman–Crippen MR) is 130 cm³/mol. The average molecular weight is 495 g/mol. The number of hydrogen-bond donors (Lipinski definition) is 3. The summed E-state index contributed by atoms with van der Waals surface area (Å²) >= 11 is 0. The van der Waals surface area contributed by atoms with Crippen molar-refractivity contribution in [1.82, 2.24) is 10.6 Å². The van der Waals surface area contributed by atoms with E-state index in [9.17, 15) is 22.4 Å². The highest BCUT2D eigenvalue weighted by Gasteiger charge is 2.33. The van der Waals surface area contributed by atoms with Gasteiger partial charge in [0.25, 0.3) is 5.91 Å². The van der Waals surface area contributed by atoms with E-state index in [1.165, 1.54) is 30.5 Å². The number of carbonyl (C=O) groups excluding carboxylic acids is 1. The predicted octanol–water partition coefficient (Wildman–Crippen LogP) is 4.67. The van der Waals surface area contributed by atoms with Crippen molar-refractivity contribution < 1.29 is 27.1 Å². The molecule has 10 heteroatoms. The summed E-state index contributed by atoms with van der Waals surface area (Å²) in [5.74, 6) is -1.60.